The molecule has 0 aromatic carbocycles. The molecule has 0 aromatic heterocycles. The summed E-state index contributed by atoms with van der Waals surface area (Å²) in [6.45, 7) is 0. The predicted octanol–water partition coefficient (Wildman–Crippen LogP) is 0.836. The van der Waals surface area contributed by atoms with Crippen molar-refractivity contribution in [3.05, 3.63) is 0 Å². The Balaban J connectivity index is 2.26. The highest BCUT2D eigenvalue weighted by Crippen LogP contribution is 2.19. The summed E-state index contributed by atoms with van der Waals surface area (Å²) in [5.41, 5.74) is 5.39. The van der Waals surface area contributed by atoms with Crippen molar-refractivity contribution in [2.75, 3.05) is 0 Å². The molecule has 1 fully saturated rings. The summed E-state index contributed by atoms with van der Waals surface area (Å²) in [6.07, 6.45) is 1.54. The molecule has 0 amide bonds. The van der Waals surface area contributed by atoms with Crippen molar-refractivity contribution in [3.63, 3.8) is 0 Å². The summed E-state index contributed by atoms with van der Waals surface area (Å²) in [7, 11) is 0. The summed E-state index contributed by atoms with van der Waals surface area (Å²) >= 11 is 0. The standard InChI is InChI=1S/C5H10FN/c6-4-1-2-5(7)3-4/h4-5H,1-3,7H2/t4-,5-/m0/s1. The Hall–Kier alpha value is -0.110. The zero-order valence-corrected chi connectivity index (χ0v) is 4.23. The van der Waals surface area contributed by atoms with E-state index in [0.29, 0.717) is 12.8 Å². The lowest BCUT2D eigenvalue weighted by atomic mass is 10.3. The van der Waals surface area contributed by atoms with Crippen LogP contribution in [0.5, 0.6) is 0 Å². The van der Waals surface area contributed by atoms with Gasteiger partial charge in [-0.15, -0.1) is 0 Å². The zero-order valence-electron chi connectivity index (χ0n) is 4.23. The zero-order chi connectivity index (χ0) is 5.28. The molecule has 1 aliphatic carbocycles. The third-order valence-corrected chi connectivity index (χ3v) is 1.41. The molecule has 1 saturated carbocycles. The van der Waals surface area contributed by atoms with Crippen molar-refractivity contribution in [2.45, 2.75) is 31.5 Å². The van der Waals surface area contributed by atoms with Crippen molar-refractivity contribution in [3.8, 4) is 0 Å². The van der Waals surface area contributed by atoms with Gasteiger partial charge >= 0.3 is 0 Å². The van der Waals surface area contributed by atoms with E-state index >= 15 is 0 Å². The minimum absolute atomic E-state index is 0.148. The van der Waals surface area contributed by atoms with E-state index in [1.54, 1.807) is 0 Å². The van der Waals surface area contributed by atoms with Gasteiger partial charge in [-0.2, -0.15) is 0 Å². The maximum absolute atomic E-state index is 12.1. The van der Waals surface area contributed by atoms with E-state index in [-0.39, 0.29) is 6.04 Å². The van der Waals surface area contributed by atoms with Crippen LogP contribution >= 0.6 is 0 Å². The van der Waals surface area contributed by atoms with Crippen LogP contribution in [0.2, 0.25) is 0 Å². The van der Waals surface area contributed by atoms with Gasteiger partial charge in [0, 0.05) is 6.04 Å². The van der Waals surface area contributed by atoms with Gasteiger partial charge in [0.15, 0.2) is 0 Å². The molecule has 0 bridgehead atoms. The monoisotopic (exact) mass is 103 g/mol. The van der Waals surface area contributed by atoms with Crippen LogP contribution in [0.1, 0.15) is 19.3 Å². The third kappa shape index (κ3) is 1.13. The Labute approximate surface area is 42.7 Å². The lowest BCUT2D eigenvalue weighted by Gasteiger charge is -1.94. The third-order valence-electron chi connectivity index (χ3n) is 1.41. The lowest BCUT2D eigenvalue weighted by molar-refractivity contribution is 0.339. The van der Waals surface area contributed by atoms with E-state index in [1.807, 2.05) is 0 Å². The topological polar surface area (TPSA) is 26.0 Å². The SMILES string of the molecule is N[C@H]1CC[C@H](F)C1. The van der Waals surface area contributed by atoms with Crippen molar-refractivity contribution in [1.82, 2.24) is 0 Å². The first-order chi connectivity index (χ1) is 3.29. The molecule has 1 nitrogen and oxygen atoms in total. The highest BCUT2D eigenvalue weighted by atomic mass is 19.1. The van der Waals surface area contributed by atoms with Crippen LogP contribution in [0.15, 0.2) is 0 Å². The molecule has 1 rings (SSSR count). The second-order valence-corrected chi connectivity index (χ2v) is 2.17. The summed E-state index contributed by atoms with van der Waals surface area (Å²) in [4.78, 5) is 0. The Morgan fingerprint density at radius 1 is 1.43 bits per heavy atom. The normalized spacial score (nSPS) is 42.0. The minimum Gasteiger partial charge on any atom is -0.328 e. The van der Waals surface area contributed by atoms with Crippen LogP contribution in [0, 0.1) is 0 Å². The number of nitrogens with two attached hydrogens (primary N) is 1. The maximum atomic E-state index is 12.1. The van der Waals surface area contributed by atoms with Gasteiger partial charge in [-0.25, -0.2) is 4.39 Å². The van der Waals surface area contributed by atoms with Crippen molar-refractivity contribution in [1.29, 1.82) is 0 Å². The smallest absolute Gasteiger partial charge is 0.102 e. The average molecular weight is 103 g/mol. The van der Waals surface area contributed by atoms with Gasteiger partial charge in [0.1, 0.15) is 6.17 Å². The first kappa shape index (κ1) is 5.04. The van der Waals surface area contributed by atoms with Gasteiger partial charge in [-0.05, 0) is 19.3 Å². The van der Waals surface area contributed by atoms with E-state index in [0.717, 1.165) is 6.42 Å². The first-order valence-corrected chi connectivity index (χ1v) is 2.68. The van der Waals surface area contributed by atoms with Gasteiger partial charge in [-0.1, -0.05) is 0 Å². The second kappa shape index (κ2) is 1.78. The second-order valence-electron chi connectivity index (χ2n) is 2.17. The molecule has 0 unspecified atom stereocenters. The Morgan fingerprint density at radius 3 is 2.29 bits per heavy atom. The average Bonchev–Trinajstić information content (AvgIpc) is 1.87. The number of rotatable bonds is 0. The molecular weight excluding hydrogens is 93.1 g/mol. The molecule has 2 heteroatoms. The van der Waals surface area contributed by atoms with E-state index in [4.69, 9.17) is 5.73 Å². The van der Waals surface area contributed by atoms with Crippen LogP contribution in [0.25, 0.3) is 0 Å². The molecule has 2 N–H and O–H groups in total. The first-order valence-electron chi connectivity index (χ1n) is 2.68. The summed E-state index contributed by atoms with van der Waals surface area (Å²) in [6, 6.07) is 0.148. The molecule has 1 aliphatic rings. The van der Waals surface area contributed by atoms with Gasteiger partial charge in [0.05, 0.1) is 0 Å². The van der Waals surface area contributed by atoms with Crippen LogP contribution in [-0.2, 0) is 0 Å². The molecule has 0 spiro atoms. The fraction of sp³-hybridized carbons (Fsp3) is 1.00. The summed E-state index contributed by atoms with van der Waals surface area (Å²) in [5.74, 6) is 0. The number of hydrogen-bond donors (Lipinski definition) is 1. The van der Waals surface area contributed by atoms with Gasteiger partial charge in [-0.3, -0.25) is 0 Å². The predicted molar refractivity (Wildman–Crippen MR) is 26.7 cm³/mol. The van der Waals surface area contributed by atoms with Crippen LogP contribution in [0.3, 0.4) is 0 Å². The van der Waals surface area contributed by atoms with Crippen molar-refractivity contribution >= 4 is 0 Å². The van der Waals surface area contributed by atoms with Gasteiger partial charge < -0.3 is 5.73 Å². The molecule has 7 heavy (non-hydrogen) atoms. The Kier molecular flexibility index (Phi) is 1.28. The molecular formula is C5H10FN. The van der Waals surface area contributed by atoms with Crippen molar-refractivity contribution in [2.24, 2.45) is 5.73 Å². The van der Waals surface area contributed by atoms with Gasteiger partial charge in [0.25, 0.3) is 0 Å². The van der Waals surface area contributed by atoms with E-state index in [2.05, 4.69) is 0 Å². The summed E-state index contributed by atoms with van der Waals surface area (Å²) in [5, 5.41) is 0. The quantitative estimate of drug-likeness (QED) is 0.483. The number of halogens is 1. The largest absolute Gasteiger partial charge is 0.328 e. The molecule has 0 aromatic rings. The molecule has 42 valence electrons. The molecule has 0 saturated heterocycles. The van der Waals surface area contributed by atoms with E-state index in [9.17, 15) is 4.39 Å². The molecule has 0 aliphatic heterocycles. The van der Waals surface area contributed by atoms with Crippen LogP contribution in [0.4, 0.5) is 4.39 Å². The molecule has 0 radical (unpaired) electrons. The van der Waals surface area contributed by atoms with Crippen LogP contribution in [-0.4, -0.2) is 12.2 Å². The fourth-order valence-corrected chi connectivity index (χ4v) is 0.959. The number of alkyl halides is 1. The highest BCUT2D eigenvalue weighted by molar-refractivity contribution is 4.76. The maximum Gasteiger partial charge on any atom is 0.102 e. The lowest BCUT2D eigenvalue weighted by Crippen LogP contribution is -2.14. The summed E-state index contributed by atoms with van der Waals surface area (Å²) < 4.78 is 12.1. The fourth-order valence-electron chi connectivity index (χ4n) is 0.959. The van der Waals surface area contributed by atoms with E-state index < -0.39 is 6.17 Å². The minimum atomic E-state index is -0.602. The number of hydrogen-bond acceptors (Lipinski definition) is 1. The van der Waals surface area contributed by atoms with Crippen LogP contribution < -0.4 is 5.73 Å². The van der Waals surface area contributed by atoms with Crippen molar-refractivity contribution < 1.29 is 4.39 Å². The molecule has 0 heterocycles. The Morgan fingerprint density at radius 2 is 2.14 bits per heavy atom. The van der Waals surface area contributed by atoms with E-state index in [1.165, 1.54) is 0 Å². The Bertz CT molecular complexity index is 57.1. The molecule has 2 atom stereocenters. The van der Waals surface area contributed by atoms with Gasteiger partial charge in [0.2, 0.25) is 0 Å². The highest BCUT2D eigenvalue weighted by Gasteiger charge is 2.19.